The minimum absolute atomic E-state index is 0.102. The number of hydrogen-bond acceptors (Lipinski definition) is 4. The summed E-state index contributed by atoms with van der Waals surface area (Å²) in [6.45, 7) is 4.05. The van der Waals surface area contributed by atoms with Gasteiger partial charge in [-0.3, -0.25) is 10.1 Å². The van der Waals surface area contributed by atoms with E-state index >= 15 is 0 Å². The van der Waals surface area contributed by atoms with Crippen molar-refractivity contribution < 1.29 is 19.6 Å². The summed E-state index contributed by atoms with van der Waals surface area (Å²) >= 11 is 0. The zero-order valence-corrected chi connectivity index (χ0v) is 15.7. The van der Waals surface area contributed by atoms with Crippen LogP contribution in [0.25, 0.3) is 11.1 Å². The van der Waals surface area contributed by atoms with Crippen LogP contribution in [0.5, 0.6) is 5.75 Å². The molecule has 0 saturated heterocycles. The fourth-order valence-corrected chi connectivity index (χ4v) is 2.98. The van der Waals surface area contributed by atoms with Crippen LogP contribution in [0.15, 0.2) is 42.5 Å². The van der Waals surface area contributed by atoms with Crippen LogP contribution in [0.4, 0.5) is 5.69 Å². The number of benzene rings is 2. The second-order valence-corrected chi connectivity index (χ2v) is 6.57. The van der Waals surface area contributed by atoms with Gasteiger partial charge in [-0.25, -0.2) is 4.79 Å². The molecule has 1 N–H and O–H groups in total. The third-order valence-corrected chi connectivity index (χ3v) is 4.42. The predicted octanol–water partition coefficient (Wildman–Crippen LogP) is 5.70. The maximum atomic E-state index is 11.5. The smallest absolute Gasteiger partial charge is 0.336 e. The van der Waals surface area contributed by atoms with Gasteiger partial charge in [-0.1, -0.05) is 50.5 Å². The van der Waals surface area contributed by atoms with Crippen LogP contribution in [-0.2, 0) is 0 Å². The number of rotatable bonds is 10. The van der Waals surface area contributed by atoms with E-state index in [1.165, 1.54) is 18.6 Å². The fraction of sp³-hybridized carbons (Fsp3) is 0.381. The molecule has 27 heavy (non-hydrogen) atoms. The molecule has 0 bridgehead atoms. The molecule has 2 aromatic rings. The van der Waals surface area contributed by atoms with Crippen LogP contribution in [0.2, 0.25) is 0 Å². The summed E-state index contributed by atoms with van der Waals surface area (Å²) in [5, 5.41) is 20.9. The Balaban J connectivity index is 2.25. The third-order valence-electron chi connectivity index (χ3n) is 4.42. The molecule has 0 aliphatic heterocycles. The molecule has 1 unspecified atom stereocenters. The van der Waals surface area contributed by atoms with Gasteiger partial charge in [-0.2, -0.15) is 0 Å². The van der Waals surface area contributed by atoms with Gasteiger partial charge in [0.25, 0.3) is 0 Å². The molecule has 144 valence electrons. The molecule has 0 spiro atoms. The third kappa shape index (κ3) is 5.54. The minimum Gasteiger partial charge on any atom is -0.484 e. The van der Waals surface area contributed by atoms with E-state index in [1.807, 2.05) is 6.92 Å². The van der Waals surface area contributed by atoms with Crippen molar-refractivity contribution in [2.24, 2.45) is 0 Å². The molecule has 2 aromatic carbocycles. The Kier molecular flexibility index (Phi) is 7.34. The summed E-state index contributed by atoms with van der Waals surface area (Å²) in [6, 6.07) is 11.0. The molecule has 6 nitrogen and oxygen atoms in total. The quantitative estimate of drug-likeness (QED) is 0.329. The number of hydrogen-bond donors (Lipinski definition) is 1. The average molecular weight is 371 g/mol. The van der Waals surface area contributed by atoms with E-state index in [2.05, 4.69) is 6.92 Å². The van der Waals surface area contributed by atoms with Crippen LogP contribution < -0.4 is 4.74 Å². The van der Waals surface area contributed by atoms with E-state index in [9.17, 15) is 20.0 Å². The Morgan fingerprint density at radius 2 is 1.93 bits per heavy atom. The van der Waals surface area contributed by atoms with Crippen molar-refractivity contribution in [2.75, 3.05) is 0 Å². The van der Waals surface area contributed by atoms with Crippen molar-refractivity contribution >= 4 is 11.7 Å². The summed E-state index contributed by atoms with van der Waals surface area (Å²) < 4.78 is 5.80. The van der Waals surface area contributed by atoms with Gasteiger partial charge in [0.15, 0.2) is 5.75 Å². The maximum Gasteiger partial charge on any atom is 0.336 e. The Hall–Kier alpha value is -2.89. The lowest BCUT2D eigenvalue weighted by molar-refractivity contribution is -0.386. The molecule has 0 amide bonds. The lowest BCUT2D eigenvalue weighted by Gasteiger charge is -2.15. The van der Waals surface area contributed by atoms with E-state index in [0.29, 0.717) is 11.1 Å². The normalized spacial score (nSPS) is 11.8. The Morgan fingerprint density at radius 3 is 2.59 bits per heavy atom. The maximum absolute atomic E-state index is 11.5. The van der Waals surface area contributed by atoms with Crippen molar-refractivity contribution in [3.63, 3.8) is 0 Å². The van der Waals surface area contributed by atoms with Crippen LogP contribution in [-0.4, -0.2) is 22.1 Å². The molecule has 0 aromatic heterocycles. The van der Waals surface area contributed by atoms with Gasteiger partial charge in [0, 0.05) is 6.07 Å². The van der Waals surface area contributed by atoms with Gasteiger partial charge in [0.1, 0.15) is 0 Å². The number of carboxylic acids is 1. The highest BCUT2D eigenvalue weighted by Crippen LogP contribution is 2.34. The molecular formula is C21H25NO5. The molecule has 2 rings (SSSR count). The first-order chi connectivity index (χ1) is 12.9. The molecule has 0 heterocycles. The van der Waals surface area contributed by atoms with Gasteiger partial charge in [0.2, 0.25) is 0 Å². The molecule has 6 heteroatoms. The largest absolute Gasteiger partial charge is 0.484 e. The SMILES string of the molecule is CCCCCCC(C)Oc1ccc(-c2ccccc2C(=O)O)cc1[N+](=O)[O-]. The lowest BCUT2D eigenvalue weighted by Crippen LogP contribution is -2.12. The molecule has 0 aliphatic carbocycles. The number of aromatic carboxylic acids is 1. The van der Waals surface area contributed by atoms with Crippen LogP contribution >= 0.6 is 0 Å². The van der Waals surface area contributed by atoms with Crippen LogP contribution in [0.1, 0.15) is 56.3 Å². The monoisotopic (exact) mass is 371 g/mol. The van der Waals surface area contributed by atoms with Crippen molar-refractivity contribution in [3.05, 3.63) is 58.1 Å². The predicted molar refractivity (Wildman–Crippen MR) is 104 cm³/mol. The number of ether oxygens (including phenoxy) is 1. The first-order valence-corrected chi connectivity index (χ1v) is 9.21. The fourth-order valence-electron chi connectivity index (χ4n) is 2.98. The van der Waals surface area contributed by atoms with Gasteiger partial charge in [-0.15, -0.1) is 0 Å². The van der Waals surface area contributed by atoms with E-state index in [1.54, 1.807) is 30.3 Å². The molecule has 0 aliphatic rings. The summed E-state index contributed by atoms with van der Waals surface area (Å²) in [5.74, 6) is -0.867. The number of nitro benzene ring substituents is 1. The first kappa shape index (κ1) is 20.4. The number of carbonyl (C=O) groups is 1. The van der Waals surface area contributed by atoms with Gasteiger partial charge >= 0.3 is 11.7 Å². The Labute approximate surface area is 158 Å². The Morgan fingerprint density at radius 1 is 1.19 bits per heavy atom. The van der Waals surface area contributed by atoms with Gasteiger partial charge in [0.05, 0.1) is 16.6 Å². The number of nitro groups is 1. The van der Waals surface area contributed by atoms with Crippen molar-refractivity contribution in [3.8, 4) is 16.9 Å². The van der Waals surface area contributed by atoms with Crippen molar-refractivity contribution in [2.45, 2.75) is 52.1 Å². The van der Waals surface area contributed by atoms with Gasteiger partial charge < -0.3 is 9.84 Å². The summed E-state index contributed by atoms with van der Waals surface area (Å²) in [5.41, 5.74) is 0.854. The minimum atomic E-state index is -1.07. The summed E-state index contributed by atoms with van der Waals surface area (Å²) in [7, 11) is 0. The van der Waals surface area contributed by atoms with Crippen molar-refractivity contribution in [1.29, 1.82) is 0 Å². The number of carboxylic acid groups (broad SMARTS) is 1. The second kappa shape index (κ2) is 9.71. The topological polar surface area (TPSA) is 89.7 Å². The van der Waals surface area contributed by atoms with Gasteiger partial charge in [-0.05, 0) is 43.0 Å². The van der Waals surface area contributed by atoms with Crippen LogP contribution in [0.3, 0.4) is 0 Å². The summed E-state index contributed by atoms with van der Waals surface area (Å²) in [6.07, 6.45) is 5.17. The number of unbranched alkanes of at least 4 members (excludes halogenated alkanes) is 3. The Bertz CT molecular complexity index is 803. The standard InChI is InChI=1S/C21H25NO5/c1-3-4-5-6-9-15(2)27-20-13-12-16(14-19(20)22(25)26)17-10-7-8-11-18(17)21(23)24/h7-8,10-15H,3-6,9H2,1-2H3,(H,23,24). The first-order valence-electron chi connectivity index (χ1n) is 9.21. The molecule has 0 fully saturated rings. The van der Waals surface area contributed by atoms with E-state index in [-0.39, 0.29) is 23.1 Å². The van der Waals surface area contributed by atoms with Crippen molar-refractivity contribution in [1.82, 2.24) is 0 Å². The highest BCUT2D eigenvalue weighted by molar-refractivity contribution is 5.96. The zero-order chi connectivity index (χ0) is 19.8. The average Bonchev–Trinajstić information content (AvgIpc) is 2.65. The highest BCUT2D eigenvalue weighted by Gasteiger charge is 2.20. The van der Waals surface area contributed by atoms with E-state index in [4.69, 9.17) is 4.74 Å². The van der Waals surface area contributed by atoms with Crippen LogP contribution in [0, 0.1) is 10.1 Å². The molecule has 0 radical (unpaired) electrons. The molecule has 1 atom stereocenters. The highest BCUT2D eigenvalue weighted by atomic mass is 16.6. The molecule has 0 saturated carbocycles. The zero-order valence-electron chi connectivity index (χ0n) is 15.7. The van der Waals surface area contributed by atoms with E-state index in [0.717, 1.165) is 25.7 Å². The summed E-state index contributed by atoms with van der Waals surface area (Å²) in [4.78, 5) is 22.4. The van der Waals surface area contributed by atoms with E-state index < -0.39 is 10.9 Å². The number of nitrogens with zero attached hydrogens (tertiary/aromatic N) is 1. The lowest BCUT2D eigenvalue weighted by atomic mass is 9.99. The molecular weight excluding hydrogens is 346 g/mol. The second-order valence-electron chi connectivity index (χ2n) is 6.57.